The highest BCUT2D eigenvalue weighted by Gasteiger charge is 2.02. The highest BCUT2D eigenvalue weighted by Crippen LogP contribution is 2.20. The van der Waals surface area contributed by atoms with Crippen LogP contribution in [-0.2, 0) is 18.4 Å². The van der Waals surface area contributed by atoms with Gasteiger partial charge in [-0.05, 0) is 23.8 Å². The van der Waals surface area contributed by atoms with E-state index in [1.165, 1.54) is 6.08 Å². The number of hydrogen-bond donors (Lipinski definition) is 1. The molecule has 104 valence electrons. The third kappa shape index (κ3) is 4.11. The minimum Gasteiger partial charge on any atom is -0.348 e. The second kappa shape index (κ2) is 6.59. The van der Waals surface area contributed by atoms with Gasteiger partial charge in [-0.15, -0.1) is 0 Å². The number of nitrogens with zero attached hydrogens (tertiary/aromatic N) is 2. The maximum atomic E-state index is 11.7. The Morgan fingerprint density at radius 1 is 1.45 bits per heavy atom. The van der Waals surface area contributed by atoms with Gasteiger partial charge < -0.3 is 5.32 Å². The Bertz CT molecular complexity index is 650. The molecule has 4 nitrogen and oxygen atoms in total. The van der Waals surface area contributed by atoms with Crippen molar-refractivity contribution in [1.29, 1.82) is 0 Å². The second-order valence-corrected chi connectivity index (χ2v) is 5.08. The lowest BCUT2D eigenvalue weighted by Crippen LogP contribution is -2.20. The third-order valence-corrected chi connectivity index (χ3v) is 3.21. The number of carbonyl (C=O) groups is 1. The van der Waals surface area contributed by atoms with Gasteiger partial charge in [0.2, 0.25) is 5.91 Å². The molecule has 20 heavy (non-hydrogen) atoms. The summed E-state index contributed by atoms with van der Waals surface area (Å²) in [6.45, 7) is 0.353. The number of benzene rings is 1. The van der Waals surface area contributed by atoms with Crippen molar-refractivity contribution in [2.75, 3.05) is 0 Å². The molecule has 0 saturated carbocycles. The fourth-order valence-electron chi connectivity index (χ4n) is 1.60. The number of hydrogen-bond acceptors (Lipinski definition) is 2. The Balaban J connectivity index is 1.90. The predicted molar refractivity (Wildman–Crippen MR) is 80.6 cm³/mol. The van der Waals surface area contributed by atoms with Crippen LogP contribution in [-0.4, -0.2) is 15.7 Å². The summed E-state index contributed by atoms with van der Waals surface area (Å²) in [6, 6.07) is 5.17. The van der Waals surface area contributed by atoms with E-state index in [2.05, 4.69) is 10.4 Å². The van der Waals surface area contributed by atoms with Crippen LogP contribution in [0.15, 0.2) is 36.7 Å². The summed E-state index contributed by atoms with van der Waals surface area (Å²) < 4.78 is 1.67. The van der Waals surface area contributed by atoms with Crippen molar-refractivity contribution >= 4 is 35.2 Å². The van der Waals surface area contributed by atoms with Gasteiger partial charge in [-0.2, -0.15) is 5.10 Å². The molecular formula is C14H13Cl2N3O. The molecule has 0 atom stereocenters. The lowest BCUT2D eigenvalue weighted by atomic mass is 10.2. The van der Waals surface area contributed by atoms with E-state index < -0.39 is 0 Å². The van der Waals surface area contributed by atoms with Crippen LogP contribution in [0.2, 0.25) is 10.0 Å². The third-order valence-electron chi connectivity index (χ3n) is 2.62. The van der Waals surface area contributed by atoms with Crippen molar-refractivity contribution < 1.29 is 4.79 Å². The summed E-state index contributed by atoms with van der Waals surface area (Å²) in [7, 11) is 1.82. The second-order valence-electron chi connectivity index (χ2n) is 4.23. The van der Waals surface area contributed by atoms with Crippen molar-refractivity contribution in [2.24, 2.45) is 7.05 Å². The van der Waals surface area contributed by atoms with Crippen LogP contribution in [0.5, 0.6) is 0 Å². The zero-order valence-corrected chi connectivity index (χ0v) is 12.3. The highest BCUT2D eigenvalue weighted by molar-refractivity contribution is 6.35. The van der Waals surface area contributed by atoms with Gasteiger partial charge in [0.05, 0.1) is 6.20 Å². The molecule has 0 radical (unpaired) electrons. The molecule has 0 spiro atoms. The van der Waals surface area contributed by atoms with Crippen molar-refractivity contribution in [3.8, 4) is 0 Å². The number of aromatic nitrogens is 2. The molecule has 1 N–H and O–H groups in total. The smallest absolute Gasteiger partial charge is 0.244 e. The summed E-state index contributed by atoms with van der Waals surface area (Å²) in [5.74, 6) is -0.195. The Kier molecular flexibility index (Phi) is 4.82. The van der Waals surface area contributed by atoms with Crippen LogP contribution >= 0.6 is 23.2 Å². The molecule has 2 aromatic rings. The molecule has 1 heterocycles. The van der Waals surface area contributed by atoms with Crippen LogP contribution in [0, 0.1) is 0 Å². The largest absolute Gasteiger partial charge is 0.348 e. The van der Waals surface area contributed by atoms with Crippen LogP contribution < -0.4 is 5.32 Å². The number of aryl methyl sites for hydroxylation is 1. The average molecular weight is 310 g/mol. The normalized spacial score (nSPS) is 10.9. The molecule has 1 amide bonds. The highest BCUT2D eigenvalue weighted by atomic mass is 35.5. The molecule has 1 aromatic heterocycles. The minimum atomic E-state index is -0.195. The van der Waals surface area contributed by atoms with Gasteiger partial charge in [-0.25, -0.2) is 0 Å². The first-order valence-electron chi connectivity index (χ1n) is 5.93. The van der Waals surface area contributed by atoms with E-state index in [1.54, 1.807) is 35.2 Å². The number of amides is 1. The topological polar surface area (TPSA) is 46.9 Å². The molecule has 0 saturated heterocycles. The van der Waals surface area contributed by atoms with Crippen LogP contribution in [0.25, 0.3) is 6.08 Å². The van der Waals surface area contributed by atoms with Crippen LogP contribution in [0.3, 0.4) is 0 Å². The molecule has 0 fully saturated rings. The van der Waals surface area contributed by atoms with Crippen LogP contribution in [0.4, 0.5) is 0 Å². The van der Waals surface area contributed by atoms with Crippen molar-refractivity contribution in [2.45, 2.75) is 6.54 Å². The van der Waals surface area contributed by atoms with E-state index in [0.29, 0.717) is 16.6 Å². The standard InChI is InChI=1S/C14H13Cl2N3O/c1-19-9-10(7-18-19)2-5-14(20)17-8-11-3-4-12(15)6-13(11)16/h2-7,9H,8H2,1H3,(H,17,20)/b5-2+. The summed E-state index contributed by atoms with van der Waals surface area (Å²) in [5.41, 5.74) is 1.69. The molecular weight excluding hydrogens is 297 g/mol. The molecule has 0 unspecified atom stereocenters. The van der Waals surface area contributed by atoms with Gasteiger partial charge in [0, 0.05) is 41.5 Å². The Morgan fingerprint density at radius 3 is 2.90 bits per heavy atom. The number of rotatable bonds is 4. The minimum absolute atomic E-state index is 0.195. The lowest BCUT2D eigenvalue weighted by molar-refractivity contribution is -0.116. The van der Waals surface area contributed by atoms with E-state index in [0.717, 1.165) is 11.1 Å². The maximum Gasteiger partial charge on any atom is 0.244 e. The van der Waals surface area contributed by atoms with E-state index in [4.69, 9.17) is 23.2 Å². The number of nitrogens with one attached hydrogen (secondary N) is 1. The first-order chi connectivity index (χ1) is 9.54. The van der Waals surface area contributed by atoms with Gasteiger partial charge in [0.15, 0.2) is 0 Å². The molecule has 0 aliphatic rings. The lowest BCUT2D eigenvalue weighted by Gasteiger charge is -2.05. The summed E-state index contributed by atoms with van der Waals surface area (Å²) in [6.07, 6.45) is 6.66. The maximum absolute atomic E-state index is 11.7. The Morgan fingerprint density at radius 2 is 2.25 bits per heavy atom. The van der Waals surface area contributed by atoms with Gasteiger partial charge in [-0.1, -0.05) is 29.3 Å². The van der Waals surface area contributed by atoms with Gasteiger partial charge in [0.1, 0.15) is 0 Å². The number of carbonyl (C=O) groups excluding carboxylic acids is 1. The Labute approximate surface area is 127 Å². The summed E-state index contributed by atoms with van der Waals surface area (Å²) >= 11 is 11.8. The molecule has 6 heteroatoms. The molecule has 0 bridgehead atoms. The quantitative estimate of drug-likeness (QED) is 0.882. The molecule has 1 aromatic carbocycles. The number of halogens is 2. The predicted octanol–water partition coefficient (Wildman–Crippen LogP) is 3.06. The SMILES string of the molecule is Cn1cc(/C=C/C(=O)NCc2ccc(Cl)cc2Cl)cn1. The van der Waals surface area contributed by atoms with E-state index >= 15 is 0 Å². The molecule has 2 rings (SSSR count). The van der Waals surface area contributed by atoms with Gasteiger partial charge in [0.25, 0.3) is 0 Å². The van der Waals surface area contributed by atoms with E-state index in [1.807, 2.05) is 13.2 Å². The zero-order chi connectivity index (χ0) is 14.5. The monoisotopic (exact) mass is 309 g/mol. The molecule has 0 aliphatic heterocycles. The first kappa shape index (κ1) is 14.6. The average Bonchev–Trinajstić information content (AvgIpc) is 2.81. The van der Waals surface area contributed by atoms with Crippen molar-refractivity contribution in [3.05, 3.63) is 57.8 Å². The Hall–Kier alpha value is -1.78. The van der Waals surface area contributed by atoms with Crippen LogP contribution in [0.1, 0.15) is 11.1 Å². The zero-order valence-electron chi connectivity index (χ0n) is 10.8. The van der Waals surface area contributed by atoms with Crippen molar-refractivity contribution in [3.63, 3.8) is 0 Å². The molecule has 0 aliphatic carbocycles. The fraction of sp³-hybridized carbons (Fsp3) is 0.143. The van der Waals surface area contributed by atoms with E-state index in [-0.39, 0.29) is 5.91 Å². The fourth-order valence-corrected chi connectivity index (χ4v) is 2.08. The van der Waals surface area contributed by atoms with Gasteiger partial charge >= 0.3 is 0 Å². The van der Waals surface area contributed by atoms with Gasteiger partial charge in [-0.3, -0.25) is 9.48 Å². The first-order valence-corrected chi connectivity index (χ1v) is 6.68. The summed E-state index contributed by atoms with van der Waals surface area (Å²) in [4.78, 5) is 11.7. The van der Waals surface area contributed by atoms with Crippen molar-refractivity contribution in [1.82, 2.24) is 15.1 Å². The summed E-state index contributed by atoms with van der Waals surface area (Å²) in [5, 5.41) is 7.87. The van der Waals surface area contributed by atoms with E-state index in [9.17, 15) is 4.79 Å².